The van der Waals surface area contributed by atoms with E-state index in [2.05, 4.69) is 10.2 Å². The van der Waals surface area contributed by atoms with Gasteiger partial charge in [0.15, 0.2) is 11.5 Å². The maximum absolute atomic E-state index is 12.8. The molecule has 1 heterocycles. The van der Waals surface area contributed by atoms with Crippen LogP contribution in [0.1, 0.15) is 12.0 Å². The number of ether oxygens (including phenoxy) is 2. The lowest BCUT2D eigenvalue weighted by Crippen LogP contribution is -2.46. The molecule has 3 rings (SSSR count). The topological polar surface area (TPSA) is 88.2 Å². The fraction of sp³-hybridized carbons (Fsp3) is 0.409. The molecule has 0 saturated carbocycles. The molecule has 0 unspecified atom stereocenters. The Balaban J connectivity index is 1.59. The van der Waals surface area contributed by atoms with Crippen molar-refractivity contribution < 1.29 is 22.7 Å². The summed E-state index contributed by atoms with van der Waals surface area (Å²) in [4.78, 5) is 14.7. The smallest absolute Gasteiger partial charge is 0.243 e. The summed E-state index contributed by atoms with van der Waals surface area (Å²) in [6.45, 7) is 2.38. The number of anilines is 1. The van der Waals surface area contributed by atoms with Crippen LogP contribution in [0.2, 0.25) is 0 Å². The third kappa shape index (κ3) is 5.55. The van der Waals surface area contributed by atoms with Gasteiger partial charge in [0.25, 0.3) is 0 Å². The number of methoxy groups -OCH3 is 2. The fourth-order valence-corrected chi connectivity index (χ4v) is 4.93. The Morgan fingerprint density at radius 3 is 2.29 bits per heavy atom. The lowest BCUT2D eigenvalue weighted by Gasteiger charge is -2.31. The van der Waals surface area contributed by atoms with E-state index in [1.807, 2.05) is 19.2 Å². The second-order valence-electron chi connectivity index (χ2n) is 7.43. The number of benzene rings is 2. The van der Waals surface area contributed by atoms with Gasteiger partial charge in [0.05, 0.1) is 19.1 Å². The number of rotatable bonds is 8. The van der Waals surface area contributed by atoms with E-state index in [9.17, 15) is 13.2 Å². The van der Waals surface area contributed by atoms with Crippen LogP contribution in [0.25, 0.3) is 0 Å². The van der Waals surface area contributed by atoms with E-state index in [1.165, 1.54) is 16.4 Å². The number of hydrogen-bond acceptors (Lipinski definition) is 6. The summed E-state index contributed by atoms with van der Waals surface area (Å²) >= 11 is 0. The number of sulfonamides is 1. The summed E-state index contributed by atoms with van der Waals surface area (Å²) in [6, 6.07) is 11.9. The first-order valence-electron chi connectivity index (χ1n) is 10.1. The number of nitrogens with zero attached hydrogens (tertiary/aromatic N) is 2. The van der Waals surface area contributed by atoms with Gasteiger partial charge in [-0.15, -0.1) is 0 Å². The van der Waals surface area contributed by atoms with E-state index >= 15 is 0 Å². The minimum Gasteiger partial charge on any atom is -0.493 e. The summed E-state index contributed by atoms with van der Waals surface area (Å²) in [7, 11) is 1.59. The first kappa shape index (κ1) is 23.1. The van der Waals surface area contributed by atoms with Crippen molar-refractivity contribution >= 4 is 21.6 Å². The number of piperazine rings is 1. The Labute approximate surface area is 183 Å². The number of nitrogens with one attached hydrogen (secondary N) is 1. The average Bonchev–Trinajstić information content (AvgIpc) is 2.78. The first-order chi connectivity index (χ1) is 14.8. The molecule has 0 atom stereocenters. The Hall–Kier alpha value is -2.62. The van der Waals surface area contributed by atoms with E-state index in [1.54, 1.807) is 32.4 Å². The van der Waals surface area contributed by atoms with Gasteiger partial charge in [-0.3, -0.25) is 4.79 Å². The van der Waals surface area contributed by atoms with Crippen molar-refractivity contribution in [2.75, 3.05) is 52.8 Å². The van der Waals surface area contributed by atoms with Crippen LogP contribution in [0.4, 0.5) is 5.69 Å². The molecule has 1 fully saturated rings. The van der Waals surface area contributed by atoms with Crippen molar-refractivity contribution in [3.8, 4) is 11.5 Å². The molecular weight excluding hydrogens is 418 g/mol. The second kappa shape index (κ2) is 10.1. The zero-order chi connectivity index (χ0) is 22.4. The van der Waals surface area contributed by atoms with E-state index < -0.39 is 10.0 Å². The summed E-state index contributed by atoms with van der Waals surface area (Å²) in [5.41, 5.74) is 1.44. The Morgan fingerprint density at radius 2 is 1.68 bits per heavy atom. The van der Waals surface area contributed by atoms with Crippen molar-refractivity contribution in [1.82, 2.24) is 9.21 Å². The molecule has 1 aliphatic heterocycles. The molecule has 168 valence electrons. The lowest BCUT2D eigenvalue weighted by molar-refractivity contribution is -0.116. The molecule has 1 amide bonds. The van der Waals surface area contributed by atoms with Gasteiger partial charge in [-0.05, 0) is 49.4 Å². The van der Waals surface area contributed by atoms with E-state index in [0.29, 0.717) is 49.8 Å². The lowest BCUT2D eigenvalue weighted by atomic mass is 10.1. The quantitative estimate of drug-likeness (QED) is 0.668. The summed E-state index contributed by atoms with van der Waals surface area (Å²) < 4.78 is 37.8. The molecule has 0 aliphatic carbocycles. The molecule has 9 heteroatoms. The van der Waals surface area contributed by atoms with Crippen LogP contribution in [0, 0.1) is 0 Å². The van der Waals surface area contributed by atoms with Gasteiger partial charge in [0.2, 0.25) is 15.9 Å². The zero-order valence-electron chi connectivity index (χ0n) is 18.1. The number of hydrogen-bond donors (Lipinski definition) is 1. The molecule has 2 aromatic carbocycles. The molecule has 1 aliphatic rings. The van der Waals surface area contributed by atoms with Crippen molar-refractivity contribution in [2.45, 2.75) is 17.7 Å². The van der Waals surface area contributed by atoms with Gasteiger partial charge in [-0.25, -0.2) is 8.42 Å². The average molecular weight is 448 g/mol. The molecule has 1 saturated heterocycles. The van der Waals surface area contributed by atoms with Crippen LogP contribution in [0.3, 0.4) is 0 Å². The molecule has 0 radical (unpaired) electrons. The molecular formula is C22H29N3O5S. The molecule has 1 N–H and O–H groups in total. The monoisotopic (exact) mass is 447 g/mol. The summed E-state index contributed by atoms with van der Waals surface area (Å²) in [5.74, 6) is 1.08. The Morgan fingerprint density at radius 1 is 1.00 bits per heavy atom. The highest BCUT2D eigenvalue weighted by Gasteiger charge is 2.27. The largest absolute Gasteiger partial charge is 0.493 e. The van der Waals surface area contributed by atoms with Crippen LogP contribution in [0.15, 0.2) is 47.4 Å². The zero-order valence-corrected chi connectivity index (χ0v) is 18.9. The van der Waals surface area contributed by atoms with Gasteiger partial charge in [-0.2, -0.15) is 4.31 Å². The highest BCUT2D eigenvalue weighted by Crippen LogP contribution is 2.31. The molecule has 8 nitrogen and oxygen atoms in total. The molecule has 2 aromatic rings. The van der Waals surface area contributed by atoms with Crippen molar-refractivity contribution in [3.05, 3.63) is 48.0 Å². The third-order valence-electron chi connectivity index (χ3n) is 5.34. The highest BCUT2D eigenvalue weighted by atomic mass is 32.2. The number of likely N-dealkylation sites (N-methyl/N-ethyl adjacent to an activating group) is 1. The fourth-order valence-electron chi connectivity index (χ4n) is 3.51. The van der Waals surface area contributed by atoms with Crippen molar-refractivity contribution in [2.24, 2.45) is 0 Å². The van der Waals surface area contributed by atoms with E-state index in [4.69, 9.17) is 9.47 Å². The van der Waals surface area contributed by atoms with Gasteiger partial charge < -0.3 is 19.7 Å². The maximum atomic E-state index is 12.8. The first-order valence-corrected chi connectivity index (χ1v) is 11.6. The van der Waals surface area contributed by atoms with Crippen LogP contribution >= 0.6 is 0 Å². The van der Waals surface area contributed by atoms with E-state index in [-0.39, 0.29) is 17.2 Å². The predicted molar refractivity (Wildman–Crippen MR) is 119 cm³/mol. The maximum Gasteiger partial charge on any atom is 0.243 e. The summed E-state index contributed by atoms with van der Waals surface area (Å²) in [5, 5.41) is 2.82. The number of carbonyl (C=O) groups is 1. The molecule has 0 bridgehead atoms. The van der Waals surface area contributed by atoms with Crippen LogP contribution < -0.4 is 14.8 Å². The standard InChI is InChI=1S/C22H29N3O5S/c1-24-13-15-25(16-14-24)31(27,28)19-10-8-18(9-11-19)23-21(26)12-7-17-5-4-6-20(29-2)22(17)30-3/h4-6,8-11H,7,12-16H2,1-3H3,(H,23,26). The molecule has 31 heavy (non-hydrogen) atoms. The minimum absolute atomic E-state index is 0.167. The van der Waals surface area contributed by atoms with Crippen LogP contribution in [0.5, 0.6) is 11.5 Å². The number of para-hydroxylation sites is 1. The van der Waals surface area contributed by atoms with Crippen LogP contribution in [-0.4, -0.2) is 71.0 Å². The normalized spacial score (nSPS) is 15.5. The Kier molecular flexibility index (Phi) is 7.53. The predicted octanol–water partition coefficient (Wildman–Crippen LogP) is 2.21. The van der Waals surface area contributed by atoms with Crippen LogP contribution in [-0.2, 0) is 21.2 Å². The number of carbonyl (C=O) groups excluding carboxylic acids is 1. The summed E-state index contributed by atoms with van der Waals surface area (Å²) in [6.07, 6.45) is 0.743. The van der Waals surface area contributed by atoms with Gasteiger partial charge >= 0.3 is 0 Å². The number of amides is 1. The number of aryl methyl sites for hydroxylation is 1. The second-order valence-corrected chi connectivity index (χ2v) is 9.37. The van der Waals surface area contributed by atoms with Gasteiger partial charge in [0.1, 0.15) is 0 Å². The van der Waals surface area contributed by atoms with Crippen molar-refractivity contribution in [1.29, 1.82) is 0 Å². The molecule has 0 aromatic heterocycles. The SMILES string of the molecule is COc1cccc(CCC(=O)Nc2ccc(S(=O)(=O)N3CCN(C)CC3)cc2)c1OC. The molecule has 0 spiro atoms. The minimum atomic E-state index is -3.52. The van der Waals surface area contributed by atoms with Gasteiger partial charge in [0, 0.05) is 38.3 Å². The van der Waals surface area contributed by atoms with Crippen molar-refractivity contribution in [3.63, 3.8) is 0 Å². The third-order valence-corrected chi connectivity index (χ3v) is 7.26. The highest BCUT2D eigenvalue weighted by molar-refractivity contribution is 7.89. The van der Waals surface area contributed by atoms with Gasteiger partial charge in [-0.1, -0.05) is 12.1 Å². The Bertz CT molecular complexity index is 1000. The van der Waals surface area contributed by atoms with E-state index in [0.717, 1.165) is 5.56 Å².